The van der Waals surface area contributed by atoms with Crippen LogP contribution in [0.1, 0.15) is 22.4 Å². The highest BCUT2D eigenvalue weighted by Gasteiger charge is 2.30. The van der Waals surface area contributed by atoms with Crippen LogP contribution in [0.2, 0.25) is 0 Å². The standard InChI is InChI=1S/C15H21N5O2S/c1-11-18-12(9-23-11)6-19-7-13-5-16-10-20(13)14(8-19)15(21)17-3-4-22-2/h5,9-10,14H,3-4,6-8H2,1-2H3,(H,17,21)/t14-/m1/s1. The number of hydrogen-bond donors (Lipinski definition) is 1. The Morgan fingerprint density at radius 1 is 1.57 bits per heavy atom. The number of amides is 1. The Balaban J connectivity index is 1.70. The van der Waals surface area contributed by atoms with Gasteiger partial charge in [-0.1, -0.05) is 0 Å². The van der Waals surface area contributed by atoms with E-state index >= 15 is 0 Å². The predicted molar refractivity (Wildman–Crippen MR) is 87.1 cm³/mol. The molecule has 0 radical (unpaired) electrons. The Hall–Kier alpha value is -1.77. The van der Waals surface area contributed by atoms with Crippen molar-refractivity contribution in [1.29, 1.82) is 0 Å². The number of fused-ring (bicyclic) bond motifs is 1. The lowest BCUT2D eigenvalue weighted by Crippen LogP contribution is -2.44. The maximum Gasteiger partial charge on any atom is 0.244 e. The Bertz CT molecular complexity index is 668. The first kappa shape index (κ1) is 16.1. The summed E-state index contributed by atoms with van der Waals surface area (Å²) in [6, 6.07) is -0.266. The summed E-state index contributed by atoms with van der Waals surface area (Å²) >= 11 is 1.65. The lowest BCUT2D eigenvalue weighted by Gasteiger charge is -2.33. The average molecular weight is 335 g/mol. The Labute approximate surface area is 139 Å². The summed E-state index contributed by atoms with van der Waals surface area (Å²) in [5.74, 6) is 0.000424. The van der Waals surface area contributed by atoms with Crippen molar-refractivity contribution in [3.05, 3.63) is 34.3 Å². The maximum absolute atomic E-state index is 12.5. The number of carbonyl (C=O) groups is 1. The van der Waals surface area contributed by atoms with Crippen molar-refractivity contribution in [2.24, 2.45) is 0 Å². The quantitative estimate of drug-likeness (QED) is 0.797. The molecule has 7 nitrogen and oxygen atoms in total. The largest absolute Gasteiger partial charge is 0.383 e. The van der Waals surface area contributed by atoms with Crippen LogP contribution in [-0.4, -0.2) is 52.1 Å². The second-order valence-corrected chi connectivity index (χ2v) is 6.68. The predicted octanol–water partition coefficient (Wildman–Crippen LogP) is 0.968. The van der Waals surface area contributed by atoms with E-state index in [2.05, 4.69) is 25.6 Å². The average Bonchev–Trinajstić information content (AvgIpc) is 3.15. The smallest absolute Gasteiger partial charge is 0.244 e. The minimum atomic E-state index is -0.266. The molecular formula is C15H21N5O2S. The molecule has 2 aromatic rings. The molecule has 0 bridgehead atoms. The zero-order valence-corrected chi connectivity index (χ0v) is 14.2. The van der Waals surface area contributed by atoms with E-state index in [1.54, 1.807) is 24.8 Å². The van der Waals surface area contributed by atoms with Crippen molar-refractivity contribution >= 4 is 17.2 Å². The van der Waals surface area contributed by atoms with Crippen LogP contribution in [0.25, 0.3) is 0 Å². The van der Waals surface area contributed by atoms with Crippen LogP contribution in [-0.2, 0) is 22.6 Å². The molecule has 0 unspecified atom stereocenters. The van der Waals surface area contributed by atoms with Gasteiger partial charge in [0, 0.05) is 44.9 Å². The van der Waals surface area contributed by atoms with Crippen molar-refractivity contribution in [3.8, 4) is 0 Å². The highest BCUT2D eigenvalue weighted by atomic mass is 32.1. The third-order valence-corrected chi connectivity index (χ3v) is 4.68. The van der Waals surface area contributed by atoms with Gasteiger partial charge in [0.05, 0.1) is 29.3 Å². The molecule has 0 spiro atoms. The van der Waals surface area contributed by atoms with Crippen LogP contribution in [0.4, 0.5) is 0 Å². The fourth-order valence-electron chi connectivity index (χ4n) is 2.80. The summed E-state index contributed by atoms with van der Waals surface area (Å²) in [7, 11) is 1.62. The topological polar surface area (TPSA) is 72.3 Å². The number of aryl methyl sites for hydroxylation is 1. The molecule has 0 fully saturated rings. The minimum Gasteiger partial charge on any atom is -0.383 e. The van der Waals surface area contributed by atoms with E-state index in [1.165, 1.54) is 0 Å². The van der Waals surface area contributed by atoms with E-state index in [-0.39, 0.29) is 11.9 Å². The van der Waals surface area contributed by atoms with Gasteiger partial charge in [-0.15, -0.1) is 11.3 Å². The molecule has 8 heteroatoms. The number of carbonyl (C=O) groups excluding carboxylic acids is 1. The normalized spacial score (nSPS) is 17.9. The van der Waals surface area contributed by atoms with Gasteiger partial charge in [-0.05, 0) is 6.92 Å². The molecule has 124 valence electrons. The van der Waals surface area contributed by atoms with E-state index in [1.807, 2.05) is 17.7 Å². The summed E-state index contributed by atoms with van der Waals surface area (Å²) in [4.78, 5) is 23.4. The van der Waals surface area contributed by atoms with Crippen LogP contribution in [0.5, 0.6) is 0 Å². The lowest BCUT2D eigenvalue weighted by molar-refractivity contribution is -0.125. The Kier molecular flexibility index (Phi) is 5.04. The van der Waals surface area contributed by atoms with Gasteiger partial charge < -0.3 is 14.6 Å². The van der Waals surface area contributed by atoms with Crippen LogP contribution < -0.4 is 5.32 Å². The van der Waals surface area contributed by atoms with E-state index in [0.29, 0.717) is 19.7 Å². The Morgan fingerprint density at radius 2 is 2.43 bits per heavy atom. The number of rotatable bonds is 6. The third-order valence-electron chi connectivity index (χ3n) is 3.86. The summed E-state index contributed by atoms with van der Waals surface area (Å²) in [5, 5.41) is 6.06. The summed E-state index contributed by atoms with van der Waals surface area (Å²) in [5.41, 5.74) is 2.11. The molecule has 2 aromatic heterocycles. The number of thiazole rings is 1. The molecule has 0 saturated carbocycles. The molecule has 1 amide bonds. The van der Waals surface area contributed by atoms with Crippen molar-refractivity contribution in [2.75, 3.05) is 26.8 Å². The van der Waals surface area contributed by atoms with Crippen LogP contribution in [0, 0.1) is 6.92 Å². The van der Waals surface area contributed by atoms with E-state index in [4.69, 9.17) is 4.74 Å². The fraction of sp³-hybridized carbons (Fsp3) is 0.533. The molecule has 1 aliphatic rings. The van der Waals surface area contributed by atoms with Gasteiger partial charge in [-0.3, -0.25) is 9.69 Å². The first-order valence-corrected chi connectivity index (χ1v) is 8.46. The molecule has 0 aliphatic carbocycles. The van der Waals surface area contributed by atoms with Crippen LogP contribution in [0.3, 0.4) is 0 Å². The SMILES string of the molecule is COCCNC(=O)[C@H]1CN(Cc2csc(C)n2)Cc2cncn21. The van der Waals surface area contributed by atoms with Gasteiger partial charge in [0.25, 0.3) is 0 Å². The number of imidazole rings is 1. The first-order valence-electron chi connectivity index (χ1n) is 7.58. The van der Waals surface area contributed by atoms with Gasteiger partial charge in [0.1, 0.15) is 6.04 Å². The molecule has 0 saturated heterocycles. The molecule has 3 rings (SSSR count). The van der Waals surface area contributed by atoms with Gasteiger partial charge in [-0.25, -0.2) is 9.97 Å². The number of hydrogen-bond acceptors (Lipinski definition) is 6. The number of nitrogens with one attached hydrogen (secondary N) is 1. The van der Waals surface area contributed by atoms with Crippen molar-refractivity contribution in [2.45, 2.75) is 26.1 Å². The molecule has 23 heavy (non-hydrogen) atoms. The summed E-state index contributed by atoms with van der Waals surface area (Å²) < 4.78 is 6.95. The molecule has 1 N–H and O–H groups in total. The number of ether oxygens (including phenoxy) is 1. The summed E-state index contributed by atoms with van der Waals surface area (Å²) in [6.45, 7) is 5.21. The minimum absolute atomic E-state index is 0.000424. The Morgan fingerprint density at radius 3 is 3.17 bits per heavy atom. The van der Waals surface area contributed by atoms with Gasteiger partial charge >= 0.3 is 0 Å². The van der Waals surface area contributed by atoms with Gasteiger partial charge in [0.2, 0.25) is 5.91 Å². The van der Waals surface area contributed by atoms with Crippen molar-refractivity contribution in [3.63, 3.8) is 0 Å². The second kappa shape index (κ2) is 7.20. The van der Waals surface area contributed by atoms with Crippen molar-refractivity contribution in [1.82, 2.24) is 24.8 Å². The number of nitrogens with zero attached hydrogens (tertiary/aromatic N) is 4. The zero-order chi connectivity index (χ0) is 16.2. The molecule has 3 heterocycles. The highest BCUT2D eigenvalue weighted by molar-refractivity contribution is 7.09. The second-order valence-electron chi connectivity index (χ2n) is 5.62. The zero-order valence-electron chi connectivity index (χ0n) is 13.4. The third kappa shape index (κ3) is 3.77. The first-order chi connectivity index (χ1) is 11.2. The van der Waals surface area contributed by atoms with Gasteiger partial charge in [0.15, 0.2) is 0 Å². The number of aromatic nitrogens is 3. The van der Waals surface area contributed by atoms with Gasteiger partial charge in [-0.2, -0.15) is 0 Å². The maximum atomic E-state index is 12.5. The monoisotopic (exact) mass is 335 g/mol. The molecule has 1 atom stereocenters. The fourth-order valence-corrected chi connectivity index (χ4v) is 3.40. The van der Waals surface area contributed by atoms with Crippen molar-refractivity contribution < 1.29 is 9.53 Å². The van der Waals surface area contributed by atoms with E-state index in [0.717, 1.165) is 29.5 Å². The molecule has 1 aliphatic heterocycles. The van der Waals surface area contributed by atoms with E-state index in [9.17, 15) is 4.79 Å². The highest BCUT2D eigenvalue weighted by Crippen LogP contribution is 2.23. The lowest BCUT2D eigenvalue weighted by atomic mass is 10.1. The molecular weight excluding hydrogens is 314 g/mol. The van der Waals surface area contributed by atoms with Crippen LogP contribution in [0.15, 0.2) is 17.9 Å². The summed E-state index contributed by atoms with van der Waals surface area (Å²) in [6.07, 6.45) is 3.56. The van der Waals surface area contributed by atoms with E-state index < -0.39 is 0 Å². The van der Waals surface area contributed by atoms with Crippen LogP contribution >= 0.6 is 11.3 Å². The molecule has 0 aromatic carbocycles. The number of methoxy groups -OCH3 is 1.